The molecule has 4 nitrogen and oxygen atoms in total. The Hall–Kier alpha value is -0.415. The average molecular weight is 75.8 g/mol. The normalized spacial score (nSPS) is 5.80. The first kappa shape index (κ1) is 4.58. The van der Waals surface area contributed by atoms with Crippen LogP contribution in [0, 0.1) is 0 Å². The molecular weight excluding hydrogens is 74.8 g/mol. The molecule has 0 aliphatic carbocycles. The van der Waals surface area contributed by atoms with Gasteiger partial charge in [-0.25, -0.2) is 0 Å². The Morgan fingerprint density at radius 2 is 2.40 bits per heavy atom. The third-order valence-corrected chi connectivity index (χ3v) is 0.0823. The third kappa shape index (κ3) is 3.58. The first-order valence-electron chi connectivity index (χ1n) is 0.821. The summed E-state index contributed by atoms with van der Waals surface area (Å²) in [4.78, 5) is 3.21. The van der Waals surface area contributed by atoms with E-state index >= 15 is 0 Å². The van der Waals surface area contributed by atoms with Gasteiger partial charge in [0.15, 0.2) is 0 Å². The molecule has 0 fully saturated rings. The Labute approximate surface area is 28.5 Å². The van der Waals surface area contributed by atoms with Crippen LogP contribution < -0.4 is 0 Å². The van der Waals surface area contributed by atoms with Gasteiger partial charge < -0.3 is 0 Å². The summed E-state index contributed by atoms with van der Waals surface area (Å²) in [5.74, 6) is 0. The van der Waals surface area contributed by atoms with Crippen LogP contribution in [0.1, 0.15) is 0 Å². The maximum absolute atomic E-state index is 8.90. The van der Waals surface area contributed by atoms with E-state index in [0.29, 0.717) is 0 Å². The zero-order valence-corrected chi connectivity index (χ0v) is 2.25. The van der Waals surface area contributed by atoms with E-state index in [2.05, 4.69) is 9.84 Å². The van der Waals surface area contributed by atoms with E-state index in [1.165, 1.54) is 0 Å². The molecule has 0 atom stereocenters. The van der Waals surface area contributed by atoms with E-state index in [9.17, 15) is 0 Å². The second-order valence-corrected chi connectivity index (χ2v) is 0.267. The molecule has 0 aromatic heterocycles. The molecule has 0 aliphatic rings. The standard InChI is InChI=1S/BHO4/c2-1-4-5-3/h3H. The Kier molecular flexibility index (Phi) is 3.29. The zero-order valence-electron chi connectivity index (χ0n) is 2.25. The minimum atomic E-state index is -0.0417. The molecule has 0 rings (SSSR count). The fraction of sp³-hybridized carbons (Fsp3) is 0. The van der Waals surface area contributed by atoms with E-state index in [0.717, 1.165) is 0 Å². The Bertz CT molecular complexity index is 24.8. The monoisotopic (exact) mass is 76.0 g/mol. The Morgan fingerprint density at radius 1 is 1.80 bits per heavy atom. The van der Waals surface area contributed by atoms with Crippen LogP contribution in [0.3, 0.4) is 0 Å². The van der Waals surface area contributed by atoms with Gasteiger partial charge in [0, 0.05) is 0 Å². The van der Waals surface area contributed by atoms with E-state index in [4.69, 9.17) is 9.96 Å². The van der Waals surface area contributed by atoms with Crippen molar-refractivity contribution in [1.29, 1.82) is 0 Å². The molecule has 5 heteroatoms. The summed E-state index contributed by atoms with van der Waals surface area (Å²) in [5, 5.41) is 9.94. The molecule has 0 radical (unpaired) electrons. The van der Waals surface area contributed by atoms with Crippen molar-refractivity contribution >= 4 is 7.35 Å². The zero-order chi connectivity index (χ0) is 4.12. The van der Waals surface area contributed by atoms with Crippen molar-refractivity contribution < 1.29 is 19.8 Å². The molecule has 1 N–H and O–H groups in total. The first-order chi connectivity index (χ1) is 2.41. The average Bonchev–Trinajstić information content (AvgIpc) is 1.41. The van der Waals surface area contributed by atoms with Gasteiger partial charge in [0.05, 0.1) is 0 Å². The van der Waals surface area contributed by atoms with E-state index in [-0.39, 0.29) is 7.35 Å². The van der Waals surface area contributed by atoms with Crippen molar-refractivity contribution in [1.82, 2.24) is 0 Å². The summed E-state index contributed by atoms with van der Waals surface area (Å²) in [6, 6.07) is 0. The molecule has 28 valence electrons. The van der Waals surface area contributed by atoms with Crippen molar-refractivity contribution in [2.45, 2.75) is 0 Å². The molecule has 0 aromatic rings. The van der Waals surface area contributed by atoms with Gasteiger partial charge in [-0.1, -0.05) is 0 Å². The van der Waals surface area contributed by atoms with Gasteiger partial charge in [-0.15, -0.1) is 0 Å². The van der Waals surface area contributed by atoms with Gasteiger partial charge in [0.25, 0.3) is 0 Å². The molecule has 0 saturated heterocycles. The molecule has 0 aliphatic heterocycles. The third-order valence-electron chi connectivity index (χ3n) is 0.0823. The first-order valence-corrected chi connectivity index (χ1v) is 0.821. The van der Waals surface area contributed by atoms with Gasteiger partial charge in [-0.3, -0.25) is 0 Å². The Balaban J connectivity index is 2.40. The summed E-state index contributed by atoms with van der Waals surface area (Å²) in [5.41, 5.74) is 0. The fourth-order valence-electron chi connectivity index (χ4n) is 0.0176. The van der Waals surface area contributed by atoms with Crippen LogP contribution >= 0.6 is 0 Å². The van der Waals surface area contributed by atoms with Gasteiger partial charge in [0.1, 0.15) is 0 Å². The Morgan fingerprint density at radius 3 is 2.40 bits per heavy atom. The van der Waals surface area contributed by atoms with Crippen LogP contribution in [-0.4, -0.2) is 12.6 Å². The van der Waals surface area contributed by atoms with Crippen molar-refractivity contribution in [3.63, 3.8) is 0 Å². The molecule has 0 heterocycles. The van der Waals surface area contributed by atoms with Crippen LogP contribution in [0.2, 0.25) is 0 Å². The molecule has 0 aromatic carbocycles. The number of hydrogen-bond donors (Lipinski definition) is 1. The van der Waals surface area contributed by atoms with Crippen LogP contribution in [-0.2, 0) is 14.5 Å². The molecule has 0 spiro atoms. The fourth-order valence-corrected chi connectivity index (χ4v) is 0.0176. The van der Waals surface area contributed by atoms with Crippen LogP contribution in [0.4, 0.5) is 0 Å². The SMILES string of the molecule is O=BOOO. The van der Waals surface area contributed by atoms with E-state index in [1.807, 2.05) is 0 Å². The van der Waals surface area contributed by atoms with Crippen LogP contribution in [0.25, 0.3) is 0 Å². The van der Waals surface area contributed by atoms with Gasteiger partial charge in [-0.05, 0) is 0 Å². The summed E-state index contributed by atoms with van der Waals surface area (Å²) >= 11 is 0. The summed E-state index contributed by atoms with van der Waals surface area (Å²) in [7, 11) is -0.0417. The maximum atomic E-state index is 8.90. The molecular formula is HBO4. The van der Waals surface area contributed by atoms with Crippen molar-refractivity contribution in [2.75, 3.05) is 0 Å². The summed E-state index contributed by atoms with van der Waals surface area (Å²) in [6.45, 7) is 0. The van der Waals surface area contributed by atoms with E-state index < -0.39 is 0 Å². The van der Waals surface area contributed by atoms with Crippen molar-refractivity contribution in [3.8, 4) is 0 Å². The summed E-state index contributed by atoms with van der Waals surface area (Å²) < 4.78 is 8.90. The van der Waals surface area contributed by atoms with E-state index in [1.54, 1.807) is 0 Å². The number of hydrogen-bond acceptors (Lipinski definition) is 4. The van der Waals surface area contributed by atoms with Crippen LogP contribution in [0.15, 0.2) is 0 Å². The van der Waals surface area contributed by atoms with Gasteiger partial charge in [0.2, 0.25) is 0 Å². The predicted molar refractivity (Wildman–Crippen MR) is 11.2 cm³/mol. The van der Waals surface area contributed by atoms with Crippen molar-refractivity contribution in [3.05, 3.63) is 0 Å². The number of rotatable bonds is 2. The van der Waals surface area contributed by atoms with Gasteiger partial charge in [-0.2, -0.15) is 0 Å². The second kappa shape index (κ2) is 3.58. The minimum absolute atomic E-state index is 0.0417. The molecule has 5 heavy (non-hydrogen) atoms. The molecule has 0 amide bonds. The van der Waals surface area contributed by atoms with Crippen molar-refractivity contribution in [2.24, 2.45) is 0 Å². The topological polar surface area (TPSA) is 55.8 Å². The van der Waals surface area contributed by atoms with Gasteiger partial charge >= 0.3 is 27.2 Å². The van der Waals surface area contributed by atoms with Crippen LogP contribution in [0.5, 0.6) is 0 Å². The second-order valence-electron chi connectivity index (χ2n) is 0.267. The molecule has 0 unspecified atom stereocenters. The summed E-state index contributed by atoms with van der Waals surface area (Å²) in [6.07, 6.45) is 0. The quantitative estimate of drug-likeness (QED) is 0.270. The molecule has 0 saturated carbocycles. The molecule has 0 bridgehead atoms. The predicted octanol–water partition coefficient (Wildman–Crippen LogP) is -0.628.